The first-order chi connectivity index (χ1) is 16.1. The number of anilines is 1. The van der Waals surface area contributed by atoms with Crippen LogP contribution in [0.4, 0.5) is 5.69 Å². The molecule has 0 aliphatic carbocycles. The second-order valence-electron chi connectivity index (χ2n) is 8.29. The number of benzene rings is 3. The Balaban J connectivity index is 1.21. The van der Waals surface area contributed by atoms with E-state index < -0.39 is 0 Å². The molecule has 3 aromatic carbocycles. The summed E-state index contributed by atoms with van der Waals surface area (Å²) in [4.78, 5) is 44.1. The zero-order valence-corrected chi connectivity index (χ0v) is 18.5. The second-order valence-corrected chi connectivity index (χ2v) is 8.29. The van der Waals surface area contributed by atoms with Crippen LogP contribution in [-0.4, -0.2) is 67.4 Å². The Labute approximate surface area is 192 Å². The number of carbonyl (C=O) groups is 3. The van der Waals surface area contributed by atoms with Crippen LogP contribution < -0.4 is 9.64 Å². The van der Waals surface area contributed by atoms with Crippen molar-refractivity contribution in [3.8, 4) is 5.75 Å². The monoisotopic (exact) mass is 443 g/mol. The smallest absolute Gasteiger partial charge is 0.261 e. The molecule has 2 aliphatic rings. The van der Waals surface area contributed by atoms with E-state index in [4.69, 9.17) is 4.74 Å². The zero-order valence-electron chi connectivity index (χ0n) is 18.5. The molecule has 1 saturated heterocycles. The molecule has 0 N–H and O–H groups in total. The second kappa shape index (κ2) is 8.58. The van der Waals surface area contributed by atoms with Gasteiger partial charge in [-0.25, -0.2) is 0 Å². The molecule has 0 saturated carbocycles. The van der Waals surface area contributed by atoms with Crippen LogP contribution in [0.2, 0.25) is 0 Å². The highest BCUT2D eigenvalue weighted by Crippen LogP contribution is 2.30. The Morgan fingerprint density at radius 2 is 1.45 bits per heavy atom. The molecule has 0 unspecified atom stereocenters. The average molecular weight is 444 g/mol. The Morgan fingerprint density at radius 1 is 0.848 bits per heavy atom. The van der Waals surface area contributed by atoms with E-state index in [2.05, 4.69) is 4.90 Å². The van der Waals surface area contributed by atoms with Crippen LogP contribution in [0, 0.1) is 0 Å². The number of ether oxygens (including phenoxy) is 1. The van der Waals surface area contributed by atoms with Crippen molar-refractivity contribution >= 4 is 34.2 Å². The molecule has 5 rings (SSSR count). The van der Waals surface area contributed by atoms with Gasteiger partial charge in [0.2, 0.25) is 5.91 Å². The van der Waals surface area contributed by atoms with E-state index in [-0.39, 0.29) is 30.7 Å². The Kier molecular flexibility index (Phi) is 5.46. The van der Waals surface area contributed by atoms with E-state index in [1.165, 1.54) is 4.90 Å². The van der Waals surface area contributed by atoms with Gasteiger partial charge in [0.25, 0.3) is 11.8 Å². The van der Waals surface area contributed by atoms with Gasteiger partial charge in [-0.3, -0.25) is 19.3 Å². The van der Waals surface area contributed by atoms with E-state index >= 15 is 0 Å². The Morgan fingerprint density at radius 3 is 2.03 bits per heavy atom. The summed E-state index contributed by atoms with van der Waals surface area (Å²) in [6.07, 6.45) is 0.123. The Hall–Kier alpha value is -3.87. The van der Waals surface area contributed by atoms with Crippen molar-refractivity contribution in [1.82, 2.24) is 9.80 Å². The lowest BCUT2D eigenvalue weighted by molar-refractivity contribution is -0.131. The van der Waals surface area contributed by atoms with Gasteiger partial charge < -0.3 is 14.5 Å². The minimum atomic E-state index is -0.332. The lowest BCUT2D eigenvalue weighted by atomic mass is 9.94. The fourth-order valence-corrected chi connectivity index (χ4v) is 4.66. The molecule has 2 heterocycles. The summed E-state index contributed by atoms with van der Waals surface area (Å²) >= 11 is 0. The van der Waals surface area contributed by atoms with Gasteiger partial charge in [-0.2, -0.15) is 0 Å². The first kappa shape index (κ1) is 21.0. The number of hydrogen-bond acceptors (Lipinski definition) is 5. The van der Waals surface area contributed by atoms with Crippen LogP contribution >= 0.6 is 0 Å². The SMILES string of the molecule is COc1ccc(N2CCN(C(=O)CCN3C(=O)c4cccc5cccc(c45)C3=O)CC2)cc1. The summed E-state index contributed by atoms with van der Waals surface area (Å²) in [5.41, 5.74) is 2.13. The molecule has 3 amide bonds. The molecule has 0 bridgehead atoms. The minimum Gasteiger partial charge on any atom is -0.497 e. The number of nitrogens with zero attached hydrogens (tertiary/aromatic N) is 3. The molecule has 7 heteroatoms. The largest absolute Gasteiger partial charge is 0.497 e. The summed E-state index contributed by atoms with van der Waals surface area (Å²) in [7, 11) is 1.64. The zero-order chi connectivity index (χ0) is 22.9. The van der Waals surface area contributed by atoms with Gasteiger partial charge in [0.1, 0.15) is 5.75 Å². The van der Waals surface area contributed by atoms with Gasteiger partial charge in [-0.1, -0.05) is 24.3 Å². The van der Waals surface area contributed by atoms with Crippen LogP contribution in [-0.2, 0) is 4.79 Å². The maximum absolute atomic E-state index is 13.0. The number of hydrogen-bond donors (Lipinski definition) is 0. The summed E-state index contributed by atoms with van der Waals surface area (Å²) in [6.45, 7) is 2.76. The molecule has 7 nitrogen and oxygen atoms in total. The van der Waals surface area contributed by atoms with Crippen molar-refractivity contribution < 1.29 is 19.1 Å². The molecule has 0 aromatic heterocycles. The number of rotatable bonds is 5. The van der Waals surface area contributed by atoms with Crippen molar-refractivity contribution in [2.75, 3.05) is 44.7 Å². The van der Waals surface area contributed by atoms with E-state index in [1.54, 1.807) is 19.2 Å². The average Bonchev–Trinajstić information content (AvgIpc) is 2.87. The summed E-state index contributed by atoms with van der Waals surface area (Å²) in [5.74, 6) is 0.109. The van der Waals surface area contributed by atoms with Gasteiger partial charge in [-0.15, -0.1) is 0 Å². The molecule has 0 atom stereocenters. The first-order valence-corrected chi connectivity index (χ1v) is 11.1. The summed E-state index contributed by atoms with van der Waals surface area (Å²) in [6, 6.07) is 18.8. The topological polar surface area (TPSA) is 70.2 Å². The normalized spacial score (nSPS) is 15.8. The molecule has 0 radical (unpaired) electrons. The number of imide groups is 1. The van der Waals surface area contributed by atoms with Gasteiger partial charge >= 0.3 is 0 Å². The van der Waals surface area contributed by atoms with Crippen LogP contribution in [0.1, 0.15) is 27.1 Å². The van der Waals surface area contributed by atoms with E-state index in [0.29, 0.717) is 29.6 Å². The van der Waals surface area contributed by atoms with Crippen LogP contribution in [0.25, 0.3) is 10.8 Å². The maximum atomic E-state index is 13.0. The number of piperazine rings is 1. The highest BCUT2D eigenvalue weighted by Gasteiger charge is 2.33. The van der Waals surface area contributed by atoms with Gasteiger partial charge in [0.15, 0.2) is 0 Å². The Bertz CT molecular complexity index is 1180. The van der Waals surface area contributed by atoms with Gasteiger partial charge in [0, 0.05) is 61.3 Å². The molecule has 33 heavy (non-hydrogen) atoms. The highest BCUT2D eigenvalue weighted by atomic mass is 16.5. The summed E-state index contributed by atoms with van der Waals surface area (Å²) < 4.78 is 5.21. The third-order valence-corrected chi connectivity index (χ3v) is 6.48. The predicted molar refractivity (Wildman–Crippen MR) is 126 cm³/mol. The molecule has 0 spiro atoms. The third kappa shape index (κ3) is 3.80. The van der Waals surface area contributed by atoms with Gasteiger partial charge in [0.05, 0.1) is 7.11 Å². The fourth-order valence-electron chi connectivity index (χ4n) is 4.66. The number of methoxy groups -OCH3 is 1. The first-order valence-electron chi connectivity index (χ1n) is 11.1. The van der Waals surface area contributed by atoms with Crippen molar-refractivity contribution in [2.45, 2.75) is 6.42 Å². The predicted octanol–water partition coefficient (Wildman–Crippen LogP) is 3.18. The minimum absolute atomic E-state index is 0.0398. The van der Waals surface area contributed by atoms with Crippen molar-refractivity contribution in [3.63, 3.8) is 0 Å². The molecular weight excluding hydrogens is 418 g/mol. The lowest BCUT2D eigenvalue weighted by Gasteiger charge is -2.36. The molecular formula is C26H25N3O4. The fraction of sp³-hybridized carbons (Fsp3) is 0.269. The van der Waals surface area contributed by atoms with Crippen LogP contribution in [0.5, 0.6) is 5.75 Å². The number of amides is 3. The van der Waals surface area contributed by atoms with Crippen molar-refractivity contribution in [2.24, 2.45) is 0 Å². The molecule has 2 aliphatic heterocycles. The van der Waals surface area contributed by atoms with Gasteiger partial charge in [-0.05, 0) is 41.8 Å². The van der Waals surface area contributed by atoms with Crippen LogP contribution in [0.3, 0.4) is 0 Å². The molecule has 1 fully saturated rings. The number of carbonyl (C=O) groups excluding carboxylic acids is 3. The molecule has 168 valence electrons. The maximum Gasteiger partial charge on any atom is 0.261 e. The van der Waals surface area contributed by atoms with E-state index in [0.717, 1.165) is 29.9 Å². The van der Waals surface area contributed by atoms with Crippen molar-refractivity contribution in [1.29, 1.82) is 0 Å². The van der Waals surface area contributed by atoms with Crippen molar-refractivity contribution in [3.05, 3.63) is 71.8 Å². The highest BCUT2D eigenvalue weighted by molar-refractivity contribution is 6.25. The quantitative estimate of drug-likeness (QED) is 0.567. The van der Waals surface area contributed by atoms with E-state index in [1.807, 2.05) is 53.4 Å². The van der Waals surface area contributed by atoms with Crippen LogP contribution in [0.15, 0.2) is 60.7 Å². The lowest BCUT2D eigenvalue weighted by Crippen LogP contribution is -2.50. The summed E-state index contributed by atoms with van der Waals surface area (Å²) in [5, 5.41) is 1.57. The standard InChI is InChI=1S/C26H25N3O4/c1-33-20-10-8-19(9-11-20)27-14-16-28(17-15-27)23(30)12-13-29-25(31)21-6-2-4-18-5-3-7-22(24(18)21)26(29)32/h2-11H,12-17H2,1H3. The molecule has 3 aromatic rings. The third-order valence-electron chi connectivity index (χ3n) is 6.48. The van der Waals surface area contributed by atoms with E-state index in [9.17, 15) is 14.4 Å².